The zero-order valence-electron chi connectivity index (χ0n) is 22.4. The number of phenols is 1. The largest absolute Gasteiger partial charge is 0.504 e. The molecule has 2 aliphatic heterocycles. The smallest absolute Gasteiger partial charge is 0.490 e. The van der Waals surface area contributed by atoms with Gasteiger partial charge in [0.2, 0.25) is 0 Å². The van der Waals surface area contributed by atoms with Crippen LogP contribution in [0.4, 0.5) is 13.2 Å². The molecular formula is C26H29F3N2O11. The number of aromatic hydroxyl groups is 1. The van der Waals surface area contributed by atoms with Crippen molar-refractivity contribution >= 4 is 23.9 Å². The van der Waals surface area contributed by atoms with Crippen molar-refractivity contribution in [1.29, 1.82) is 0 Å². The number of carbonyl (C=O) groups is 4. The van der Waals surface area contributed by atoms with Gasteiger partial charge in [-0.15, -0.1) is 0 Å². The Labute approximate surface area is 236 Å². The molecule has 1 aromatic carbocycles. The molecule has 0 saturated carbocycles. The summed E-state index contributed by atoms with van der Waals surface area (Å²) in [6.07, 6.45) is -4.99. The Bertz CT molecular complexity index is 1350. The van der Waals surface area contributed by atoms with Crippen molar-refractivity contribution in [1.82, 2.24) is 4.90 Å². The van der Waals surface area contributed by atoms with E-state index in [1.807, 2.05) is 13.1 Å². The van der Waals surface area contributed by atoms with Gasteiger partial charge in [0, 0.05) is 18.0 Å². The number of carboxylic acids is 2. The van der Waals surface area contributed by atoms with Crippen molar-refractivity contribution < 1.29 is 67.0 Å². The number of likely N-dealkylation sites (tertiary alicyclic amines) is 1. The van der Waals surface area contributed by atoms with Gasteiger partial charge in [0.05, 0.1) is 17.4 Å². The van der Waals surface area contributed by atoms with E-state index in [2.05, 4.69) is 4.90 Å². The first-order valence-electron chi connectivity index (χ1n) is 12.8. The second kappa shape index (κ2) is 10.7. The Kier molecular flexibility index (Phi) is 7.94. The third-order valence-corrected chi connectivity index (χ3v) is 8.14. The van der Waals surface area contributed by atoms with Gasteiger partial charge in [0.25, 0.3) is 0 Å². The number of likely N-dealkylation sites (N-methyl/N-ethyl adjacent to an activating group) is 1. The summed E-state index contributed by atoms with van der Waals surface area (Å²) in [5.41, 5.74) is 5.12. The minimum atomic E-state index is -5.08. The van der Waals surface area contributed by atoms with E-state index in [0.29, 0.717) is 19.4 Å². The third kappa shape index (κ3) is 5.03. The summed E-state index contributed by atoms with van der Waals surface area (Å²) in [5, 5.41) is 38.5. The molecule has 2 unspecified atom stereocenters. The quantitative estimate of drug-likeness (QED) is 0.283. The zero-order chi connectivity index (χ0) is 31.4. The van der Waals surface area contributed by atoms with Crippen molar-refractivity contribution in [2.75, 3.05) is 13.6 Å². The van der Waals surface area contributed by atoms with Crippen LogP contribution < -0.4 is 10.5 Å². The predicted molar refractivity (Wildman–Crippen MR) is 132 cm³/mol. The molecule has 6 N–H and O–H groups in total. The number of halogens is 3. The molecule has 1 saturated heterocycles. The predicted octanol–water partition coefficient (Wildman–Crippen LogP) is 0.580. The van der Waals surface area contributed by atoms with Gasteiger partial charge in [-0.3, -0.25) is 9.59 Å². The van der Waals surface area contributed by atoms with Crippen LogP contribution in [-0.4, -0.2) is 98.9 Å². The molecule has 42 heavy (non-hydrogen) atoms. The molecule has 16 heteroatoms. The highest BCUT2D eigenvalue weighted by atomic mass is 19.4. The number of alkyl halides is 3. The molecule has 0 radical (unpaired) electrons. The van der Waals surface area contributed by atoms with E-state index in [4.69, 9.17) is 35.0 Å². The zero-order valence-corrected chi connectivity index (χ0v) is 22.4. The number of nitrogens with zero attached hydrogens (tertiary/aromatic N) is 1. The number of hydrogen-bond donors (Lipinski definition) is 5. The van der Waals surface area contributed by atoms with E-state index in [1.54, 1.807) is 12.1 Å². The van der Waals surface area contributed by atoms with Gasteiger partial charge in [-0.2, -0.15) is 13.2 Å². The maximum atomic E-state index is 12.8. The number of aliphatic carboxylic acids is 2. The fourth-order valence-electron chi connectivity index (χ4n) is 6.22. The van der Waals surface area contributed by atoms with Crippen LogP contribution in [0.2, 0.25) is 0 Å². The Hall–Kier alpha value is -3.89. The lowest BCUT2D eigenvalue weighted by molar-refractivity contribution is -0.192. The van der Waals surface area contributed by atoms with E-state index in [1.165, 1.54) is 6.92 Å². The average Bonchev–Trinajstić information content (AvgIpc) is 3.24. The van der Waals surface area contributed by atoms with Gasteiger partial charge in [-0.1, -0.05) is 6.07 Å². The maximum absolute atomic E-state index is 12.8. The van der Waals surface area contributed by atoms with E-state index in [0.717, 1.165) is 11.1 Å². The number of rotatable bonds is 6. The van der Waals surface area contributed by atoms with Crippen molar-refractivity contribution in [2.24, 2.45) is 5.73 Å². The molecule has 1 spiro atoms. The molecule has 6 atom stereocenters. The first-order chi connectivity index (χ1) is 19.4. The number of ether oxygens (including phenoxy) is 3. The van der Waals surface area contributed by atoms with Crippen LogP contribution in [0, 0.1) is 0 Å². The van der Waals surface area contributed by atoms with Gasteiger partial charge in [0.15, 0.2) is 23.7 Å². The minimum Gasteiger partial charge on any atom is -0.504 e. The number of aliphatic hydroxyl groups is 1. The maximum Gasteiger partial charge on any atom is 0.490 e. The van der Waals surface area contributed by atoms with Gasteiger partial charge in [-0.05, 0) is 51.1 Å². The molecule has 230 valence electrons. The summed E-state index contributed by atoms with van der Waals surface area (Å²) in [6, 6.07) is 1.81. The number of hydrogen-bond acceptors (Lipinski definition) is 11. The fourth-order valence-corrected chi connectivity index (χ4v) is 6.22. The van der Waals surface area contributed by atoms with E-state index >= 15 is 0 Å². The summed E-state index contributed by atoms with van der Waals surface area (Å²) in [5.74, 6) is -5.54. The number of nitrogens with two attached hydrogens (primary N) is 1. The van der Waals surface area contributed by atoms with Crippen LogP contribution in [0.25, 0.3) is 0 Å². The van der Waals surface area contributed by atoms with Gasteiger partial charge in [0.1, 0.15) is 11.8 Å². The van der Waals surface area contributed by atoms with E-state index < -0.39 is 65.7 Å². The number of esters is 2. The van der Waals surface area contributed by atoms with Crippen LogP contribution in [0.5, 0.6) is 11.5 Å². The standard InChI is InChI=1S/C24H28N2O9.C2HF3O2/c1-11(33-22(31)13(25)10-17(28)29)21(30)34-15-5-6-24(32)16-9-12-3-4-14(27)19-18(12)23(24,20(15)35-19)7-8-26(16)2;3-2(4,5)1(6)7/h3-5,11,13,16,20,27,32H,6-10,25H2,1-2H3,(H,28,29);(H,6,7)/t11?,13?,16-,20+,23+,24-;/m1./s1. The summed E-state index contributed by atoms with van der Waals surface area (Å²) in [6.45, 7) is 1.98. The fraction of sp³-hybridized carbons (Fsp3) is 0.538. The average molecular weight is 603 g/mol. The molecular weight excluding hydrogens is 573 g/mol. The van der Waals surface area contributed by atoms with Gasteiger partial charge < -0.3 is 45.3 Å². The molecule has 2 bridgehead atoms. The normalized spacial score (nSPS) is 28.5. The Morgan fingerprint density at radius 2 is 1.86 bits per heavy atom. The third-order valence-electron chi connectivity index (χ3n) is 8.14. The molecule has 2 aliphatic carbocycles. The molecule has 13 nitrogen and oxygen atoms in total. The lowest BCUT2D eigenvalue weighted by atomic mass is 9.50. The first kappa shape index (κ1) is 31.1. The number of carbonyl (C=O) groups excluding carboxylic acids is 2. The van der Waals surface area contributed by atoms with Crippen molar-refractivity contribution in [3.05, 3.63) is 35.1 Å². The Morgan fingerprint density at radius 1 is 1.21 bits per heavy atom. The lowest BCUT2D eigenvalue weighted by Gasteiger charge is -2.61. The van der Waals surface area contributed by atoms with Gasteiger partial charge >= 0.3 is 30.1 Å². The van der Waals surface area contributed by atoms with E-state index in [9.17, 15) is 37.8 Å². The second-order valence-electron chi connectivity index (χ2n) is 10.6. The number of carboxylic acid groups (broad SMARTS) is 2. The highest BCUT2D eigenvalue weighted by Crippen LogP contribution is 2.65. The number of benzene rings is 1. The molecule has 0 aromatic heterocycles. The highest BCUT2D eigenvalue weighted by molar-refractivity contribution is 5.85. The first-order valence-corrected chi connectivity index (χ1v) is 12.8. The second-order valence-corrected chi connectivity index (χ2v) is 10.6. The van der Waals surface area contributed by atoms with Crippen LogP contribution in [0.15, 0.2) is 24.0 Å². The van der Waals surface area contributed by atoms with Crippen LogP contribution in [0.1, 0.15) is 37.3 Å². The summed E-state index contributed by atoms with van der Waals surface area (Å²) in [7, 11) is 1.97. The highest BCUT2D eigenvalue weighted by Gasteiger charge is 2.72. The minimum absolute atomic E-state index is 0.0485. The van der Waals surface area contributed by atoms with Crippen LogP contribution in [-0.2, 0) is 40.5 Å². The van der Waals surface area contributed by atoms with Crippen LogP contribution in [0.3, 0.4) is 0 Å². The van der Waals surface area contributed by atoms with Crippen molar-refractivity contribution in [2.45, 2.75) is 74.1 Å². The number of piperidine rings is 1. The molecule has 2 heterocycles. The summed E-state index contributed by atoms with van der Waals surface area (Å²) in [4.78, 5) is 46.6. The van der Waals surface area contributed by atoms with Gasteiger partial charge in [-0.25, -0.2) is 9.59 Å². The molecule has 1 fully saturated rings. The topological polar surface area (TPSA) is 206 Å². The van der Waals surface area contributed by atoms with Crippen LogP contribution >= 0.6 is 0 Å². The monoisotopic (exact) mass is 602 g/mol. The molecule has 4 aliphatic rings. The summed E-state index contributed by atoms with van der Waals surface area (Å²) >= 11 is 0. The van der Waals surface area contributed by atoms with E-state index in [-0.39, 0.29) is 29.7 Å². The SMILES string of the molecule is CC(OC(=O)C(N)CC(=O)O)C(=O)OC1=CC[C@@]2(O)[C@H]3Cc4ccc(O)c5c4[C@@]2(CCN3C)[C@H]1O5.O=C(O)C(F)(F)F. The molecule has 5 rings (SSSR count). The molecule has 1 aromatic rings. The number of phenolic OH excluding ortho intramolecular Hbond substituents is 1. The Morgan fingerprint density at radius 3 is 2.45 bits per heavy atom. The molecule has 0 amide bonds. The van der Waals surface area contributed by atoms with Crippen molar-refractivity contribution in [3.63, 3.8) is 0 Å². The lowest BCUT2D eigenvalue weighted by Crippen LogP contribution is -2.74. The van der Waals surface area contributed by atoms with Crippen molar-refractivity contribution in [3.8, 4) is 11.5 Å². The summed E-state index contributed by atoms with van der Waals surface area (Å²) < 4.78 is 48.6. The Balaban J connectivity index is 0.000000517.